The average molecular weight is 450 g/mol. The Hall–Kier alpha value is -3.35. The smallest absolute Gasteiger partial charge is 0.327 e. The van der Waals surface area contributed by atoms with E-state index in [0.717, 1.165) is 34.3 Å². The third-order valence-corrected chi connectivity index (χ3v) is 6.65. The van der Waals surface area contributed by atoms with Gasteiger partial charge >= 0.3 is 22.3 Å². The van der Waals surface area contributed by atoms with E-state index >= 15 is 0 Å². The fraction of sp³-hybridized carbons (Fsp3) is 0.444. The molecule has 166 valence electrons. The number of benzene rings is 1. The second-order valence-corrected chi connectivity index (χ2v) is 9.38. The molecule has 6 amide bonds. The van der Waals surface area contributed by atoms with E-state index in [2.05, 4.69) is 21.3 Å². The van der Waals surface area contributed by atoms with E-state index in [4.69, 9.17) is 0 Å². The number of rotatable bonds is 6. The summed E-state index contributed by atoms with van der Waals surface area (Å²) in [5, 5.41) is 9.37. The second kappa shape index (κ2) is 8.06. The molecule has 1 aliphatic heterocycles. The molecule has 0 radical (unpaired) electrons. The van der Waals surface area contributed by atoms with E-state index in [1.807, 2.05) is 0 Å². The van der Waals surface area contributed by atoms with Gasteiger partial charge in [-0.2, -0.15) is 8.42 Å². The van der Waals surface area contributed by atoms with Crippen LogP contribution >= 0.6 is 0 Å². The Bertz CT molecular complexity index is 961. The van der Waals surface area contributed by atoms with Crippen molar-refractivity contribution in [2.24, 2.45) is 0 Å². The van der Waals surface area contributed by atoms with Gasteiger partial charge < -0.3 is 10.6 Å². The Morgan fingerprint density at radius 2 is 1.16 bits per heavy atom. The molecule has 0 bridgehead atoms. The molecule has 0 unspecified atom stereocenters. The SMILES string of the molecule is O=C(CN1c2ccccc2N(CC(=O)NC(=O)NC2CC2)S1(=O)=O)NC(=O)NC1CC1. The molecule has 0 atom stereocenters. The fourth-order valence-electron chi connectivity index (χ4n) is 3.08. The molecule has 0 saturated heterocycles. The summed E-state index contributed by atoms with van der Waals surface area (Å²) < 4.78 is 27.8. The van der Waals surface area contributed by atoms with Gasteiger partial charge in [-0.3, -0.25) is 20.2 Å². The van der Waals surface area contributed by atoms with Crippen LogP contribution in [0.3, 0.4) is 0 Å². The molecule has 2 aliphatic carbocycles. The van der Waals surface area contributed by atoms with Gasteiger partial charge in [-0.25, -0.2) is 18.2 Å². The lowest BCUT2D eigenvalue weighted by Gasteiger charge is -2.21. The highest BCUT2D eigenvalue weighted by atomic mass is 32.2. The van der Waals surface area contributed by atoms with Crippen LogP contribution in [-0.2, 0) is 19.8 Å². The van der Waals surface area contributed by atoms with Gasteiger partial charge in [0.2, 0.25) is 11.8 Å². The van der Waals surface area contributed by atoms with Crippen molar-refractivity contribution in [3.8, 4) is 0 Å². The zero-order chi connectivity index (χ0) is 22.2. The van der Waals surface area contributed by atoms with Crippen LogP contribution in [0.25, 0.3) is 0 Å². The molecule has 12 nitrogen and oxygen atoms in total. The third kappa shape index (κ3) is 4.87. The molecular formula is C18H22N6O6S. The first-order valence-corrected chi connectivity index (χ1v) is 11.2. The molecule has 4 N–H and O–H groups in total. The lowest BCUT2D eigenvalue weighted by molar-refractivity contribution is -0.119. The maximum atomic E-state index is 13.1. The predicted molar refractivity (Wildman–Crippen MR) is 109 cm³/mol. The first kappa shape index (κ1) is 20.9. The standard InChI is InChI=1S/C18H22N6O6S/c25-15(21-17(27)19-11-5-6-11)9-23-13-3-1-2-4-14(13)24(31(23,29)30)10-16(26)22-18(28)20-12-7-8-12/h1-4,11-12H,5-10H2,(H2,19,21,25,27)(H2,20,22,26,28). The van der Waals surface area contributed by atoms with Crippen LogP contribution in [0.2, 0.25) is 0 Å². The molecule has 2 saturated carbocycles. The van der Waals surface area contributed by atoms with E-state index in [0.29, 0.717) is 0 Å². The van der Waals surface area contributed by atoms with Crippen LogP contribution < -0.4 is 29.9 Å². The van der Waals surface area contributed by atoms with E-state index in [9.17, 15) is 27.6 Å². The minimum Gasteiger partial charge on any atom is -0.335 e. The quantitative estimate of drug-likeness (QED) is 0.459. The largest absolute Gasteiger partial charge is 0.335 e. The molecule has 3 aliphatic rings. The Morgan fingerprint density at radius 1 is 0.774 bits per heavy atom. The number of hydrogen-bond acceptors (Lipinski definition) is 6. The summed E-state index contributed by atoms with van der Waals surface area (Å²) in [7, 11) is -4.29. The number of nitrogens with zero attached hydrogens (tertiary/aromatic N) is 2. The van der Waals surface area contributed by atoms with Crippen LogP contribution in [0, 0.1) is 0 Å². The summed E-state index contributed by atoms with van der Waals surface area (Å²) >= 11 is 0. The summed E-state index contributed by atoms with van der Waals surface area (Å²) in [4.78, 5) is 48.1. The Morgan fingerprint density at radius 3 is 1.52 bits per heavy atom. The lowest BCUT2D eigenvalue weighted by Crippen LogP contribution is -2.50. The summed E-state index contributed by atoms with van der Waals surface area (Å²) in [6.45, 7) is -1.28. The number of fused-ring (bicyclic) bond motifs is 1. The van der Waals surface area contributed by atoms with Crippen molar-refractivity contribution in [1.82, 2.24) is 21.3 Å². The highest BCUT2D eigenvalue weighted by Crippen LogP contribution is 2.40. The van der Waals surface area contributed by atoms with Gasteiger partial charge in [0.05, 0.1) is 11.4 Å². The maximum absolute atomic E-state index is 13.1. The Labute approximate surface area is 178 Å². The number of para-hydroxylation sites is 2. The van der Waals surface area contributed by atoms with E-state index in [-0.39, 0.29) is 23.5 Å². The monoisotopic (exact) mass is 450 g/mol. The molecule has 2 fully saturated rings. The van der Waals surface area contributed by atoms with Crippen LogP contribution in [-0.4, -0.2) is 57.5 Å². The number of nitrogens with one attached hydrogen (secondary N) is 4. The zero-order valence-corrected chi connectivity index (χ0v) is 17.3. The van der Waals surface area contributed by atoms with Crippen molar-refractivity contribution in [2.75, 3.05) is 21.7 Å². The van der Waals surface area contributed by atoms with Crippen molar-refractivity contribution < 1.29 is 27.6 Å². The Balaban J connectivity index is 1.44. The minimum atomic E-state index is -4.29. The molecule has 31 heavy (non-hydrogen) atoms. The number of carbonyl (C=O) groups is 4. The molecule has 1 heterocycles. The number of imide groups is 2. The van der Waals surface area contributed by atoms with Crippen molar-refractivity contribution in [1.29, 1.82) is 0 Å². The first-order chi connectivity index (χ1) is 14.7. The van der Waals surface area contributed by atoms with Gasteiger partial charge in [0.15, 0.2) is 0 Å². The summed E-state index contributed by atoms with van der Waals surface area (Å²) in [6, 6.07) is 4.86. The van der Waals surface area contributed by atoms with E-state index < -0.39 is 47.2 Å². The molecule has 1 aromatic carbocycles. The van der Waals surface area contributed by atoms with Crippen LogP contribution in [0.5, 0.6) is 0 Å². The van der Waals surface area contributed by atoms with Gasteiger partial charge in [-0.05, 0) is 37.8 Å². The molecule has 13 heteroatoms. The zero-order valence-electron chi connectivity index (χ0n) is 16.5. The first-order valence-electron chi connectivity index (χ1n) is 9.84. The van der Waals surface area contributed by atoms with Gasteiger partial charge in [0.25, 0.3) is 0 Å². The number of anilines is 2. The van der Waals surface area contributed by atoms with Crippen LogP contribution in [0.4, 0.5) is 21.0 Å². The normalized spacial score (nSPS) is 18.7. The Kier molecular flexibility index (Phi) is 5.43. The molecule has 1 aromatic rings. The van der Waals surface area contributed by atoms with Crippen molar-refractivity contribution in [3.05, 3.63) is 24.3 Å². The van der Waals surface area contributed by atoms with Crippen LogP contribution in [0.15, 0.2) is 24.3 Å². The average Bonchev–Trinajstić information content (AvgIpc) is 3.61. The summed E-state index contributed by atoms with van der Waals surface area (Å²) in [5.41, 5.74) is 0.381. The van der Waals surface area contributed by atoms with Crippen LogP contribution in [0.1, 0.15) is 25.7 Å². The minimum absolute atomic E-state index is 0.0372. The van der Waals surface area contributed by atoms with Crippen molar-refractivity contribution in [2.45, 2.75) is 37.8 Å². The summed E-state index contributed by atoms with van der Waals surface area (Å²) in [5.74, 6) is -1.63. The lowest BCUT2D eigenvalue weighted by atomic mass is 10.2. The third-order valence-electron chi connectivity index (χ3n) is 4.88. The van der Waals surface area contributed by atoms with E-state index in [1.165, 1.54) is 12.1 Å². The number of carbonyl (C=O) groups excluding carboxylic acids is 4. The molecule has 4 rings (SSSR count). The van der Waals surface area contributed by atoms with Gasteiger partial charge in [-0.15, -0.1) is 0 Å². The molecule has 0 spiro atoms. The molecule has 0 aromatic heterocycles. The van der Waals surface area contributed by atoms with E-state index in [1.54, 1.807) is 12.1 Å². The number of hydrogen-bond donors (Lipinski definition) is 4. The number of amides is 6. The maximum Gasteiger partial charge on any atom is 0.327 e. The summed E-state index contributed by atoms with van der Waals surface area (Å²) in [6.07, 6.45) is 3.35. The van der Waals surface area contributed by atoms with Gasteiger partial charge in [-0.1, -0.05) is 12.1 Å². The van der Waals surface area contributed by atoms with Gasteiger partial charge in [0.1, 0.15) is 13.1 Å². The highest BCUT2D eigenvalue weighted by Gasteiger charge is 2.42. The van der Waals surface area contributed by atoms with Gasteiger partial charge in [0, 0.05) is 12.1 Å². The molecular weight excluding hydrogens is 428 g/mol. The number of urea groups is 2. The van der Waals surface area contributed by atoms with Crippen molar-refractivity contribution >= 4 is 45.5 Å². The second-order valence-electron chi connectivity index (χ2n) is 7.60. The highest BCUT2D eigenvalue weighted by molar-refractivity contribution is 7.94. The predicted octanol–water partition coefficient (Wildman–Crippen LogP) is -0.466. The topological polar surface area (TPSA) is 157 Å². The fourth-order valence-corrected chi connectivity index (χ4v) is 4.68. The van der Waals surface area contributed by atoms with Crippen molar-refractivity contribution in [3.63, 3.8) is 0 Å².